The molecule has 0 aliphatic carbocycles. The summed E-state index contributed by atoms with van der Waals surface area (Å²) in [7, 11) is 0. The summed E-state index contributed by atoms with van der Waals surface area (Å²) in [6.07, 6.45) is 0. The van der Waals surface area contributed by atoms with E-state index in [2.05, 4.69) is 22.2 Å². The Morgan fingerprint density at radius 2 is 2.62 bits per heavy atom. The van der Waals surface area contributed by atoms with Gasteiger partial charge in [-0.25, -0.2) is 0 Å². The van der Waals surface area contributed by atoms with Crippen molar-refractivity contribution in [2.75, 3.05) is 6.54 Å². The van der Waals surface area contributed by atoms with Crippen molar-refractivity contribution in [2.24, 2.45) is 5.11 Å². The molecule has 0 aliphatic rings. The Bertz CT molecular complexity index is 149. The number of rotatable bonds is 3. The summed E-state index contributed by atoms with van der Waals surface area (Å²) >= 11 is 4.23. The molecule has 8 heavy (non-hydrogen) atoms. The zero-order valence-electron chi connectivity index (χ0n) is 3.94. The molecule has 0 bridgehead atoms. The van der Waals surface area contributed by atoms with Gasteiger partial charge in [0.05, 0.1) is 6.54 Å². The number of thiocarbonyl (C=S) groups is 1. The van der Waals surface area contributed by atoms with Gasteiger partial charge in [-0.2, -0.15) is 0 Å². The Morgan fingerprint density at radius 3 is 3.00 bits per heavy atom. The van der Waals surface area contributed by atoms with E-state index in [4.69, 9.17) is 5.53 Å². The second-order valence-electron chi connectivity index (χ2n) is 0.973. The van der Waals surface area contributed by atoms with Gasteiger partial charge in [0, 0.05) is 10.3 Å². The summed E-state index contributed by atoms with van der Waals surface area (Å²) in [6.45, 7) is -0.167. The van der Waals surface area contributed by atoms with E-state index in [9.17, 15) is 4.79 Å². The minimum absolute atomic E-state index is 0.167. The molecule has 0 N–H and O–H groups in total. The molecule has 0 heterocycles. The van der Waals surface area contributed by atoms with Crippen molar-refractivity contribution in [3.05, 3.63) is 10.4 Å². The van der Waals surface area contributed by atoms with Crippen LogP contribution in [0.15, 0.2) is 5.11 Å². The lowest BCUT2D eigenvalue weighted by atomic mass is 10.5. The smallest absolute Gasteiger partial charge is 0.172 e. The number of carbonyl (C=O) groups is 1. The van der Waals surface area contributed by atoms with Crippen molar-refractivity contribution in [3.63, 3.8) is 0 Å². The Hall–Kier alpha value is -0.930. The Morgan fingerprint density at radius 1 is 2.00 bits per heavy atom. The SMILES string of the molecule is [N-]=[N+]=NCC(=O)C=S. The molecule has 0 fully saturated rings. The molecule has 0 aromatic rings. The Kier molecular flexibility index (Phi) is 3.74. The molecule has 0 spiro atoms. The normalized spacial score (nSPS) is 7.00. The maximum atomic E-state index is 10.1. The molecular formula is C3H3N3OS. The van der Waals surface area contributed by atoms with Gasteiger partial charge in [0.15, 0.2) is 5.78 Å². The fourth-order valence-electron chi connectivity index (χ4n) is 0.139. The van der Waals surface area contributed by atoms with Gasteiger partial charge in [-0.3, -0.25) is 4.79 Å². The molecule has 0 saturated carbocycles. The lowest BCUT2D eigenvalue weighted by Gasteiger charge is -1.75. The van der Waals surface area contributed by atoms with Gasteiger partial charge in [0.1, 0.15) is 0 Å². The fraction of sp³-hybridized carbons (Fsp3) is 0.333. The highest BCUT2D eigenvalue weighted by atomic mass is 32.1. The quantitative estimate of drug-likeness (QED) is 0.245. The first kappa shape index (κ1) is 7.07. The van der Waals surface area contributed by atoms with E-state index in [0.29, 0.717) is 0 Å². The van der Waals surface area contributed by atoms with E-state index in [1.54, 1.807) is 0 Å². The summed E-state index contributed by atoms with van der Waals surface area (Å²) in [5.41, 5.74) is 7.67. The lowest BCUT2D eigenvalue weighted by molar-refractivity contribution is -0.111. The van der Waals surface area contributed by atoms with E-state index < -0.39 is 0 Å². The predicted molar refractivity (Wildman–Crippen MR) is 32.7 cm³/mol. The van der Waals surface area contributed by atoms with E-state index in [-0.39, 0.29) is 12.3 Å². The van der Waals surface area contributed by atoms with E-state index in [0.717, 1.165) is 5.37 Å². The van der Waals surface area contributed by atoms with Crippen LogP contribution in [0.3, 0.4) is 0 Å². The monoisotopic (exact) mass is 129 g/mol. The van der Waals surface area contributed by atoms with E-state index in [1.807, 2.05) is 0 Å². The number of carbonyl (C=O) groups excluding carboxylic acids is 1. The standard InChI is InChI=1S/C3H3N3OS/c4-6-5-1-3(7)2-8/h2H,1H2. The van der Waals surface area contributed by atoms with Crippen LogP contribution in [0.4, 0.5) is 0 Å². The first-order chi connectivity index (χ1) is 3.81. The van der Waals surface area contributed by atoms with E-state index in [1.165, 1.54) is 0 Å². The third kappa shape index (κ3) is 3.27. The molecular weight excluding hydrogens is 126 g/mol. The molecule has 0 aromatic carbocycles. The summed E-state index contributed by atoms with van der Waals surface area (Å²) in [6, 6.07) is 0. The summed E-state index contributed by atoms with van der Waals surface area (Å²) in [4.78, 5) is 12.5. The van der Waals surface area contributed by atoms with Crippen LogP contribution in [0.2, 0.25) is 0 Å². The number of nitrogens with zero attached hydrogens (tertiary/aromatic N) is 3. The minimum atomic E-state index is -0.335. The van der Waals surface area contributed by atoms with Crippen LogP contribution >= 0.6 is 12.2 Å². The van der Waals surface area contributed by atoms with Gasteiger partial charge in [-0.05, 0) is 5.53 Å². The number of hydrogen-bond donors (Lipinski definition) is 0. The van der Waals surface area contributed by atoms with E-state index >= 15 is 0 Å². The van der Waals surface area contributed by atoms with Crippen LogP contribution < -0.4 is 0 Å². The highest BCUT2D eigenvalue weighted by Crippen LogP contribution is 1.71. The zero-order chi connectivity index (χ0) is 6.41. The molecule has 4 nitrogen and oxygen atoms in total. The van der Waals surface area contributed by atoms with Crippen molar-refractivity contribution in [1.82, 2.24) is 0 Å². The third-order valence-electron chi connectivity index (χ3n) is 0.421. The van der Waals surface area contributed by atoms with Crippen LogP contribution in [-0.2, 0) is 4.79 Å². The van der Waals surface area contributed by atoms with Crippen molar-refractivity contribution >= 4 is 23.4 Å². The second-order valence-corrected chi connectivity index (χ2v) is 1.21. The number of ketones is 1. The zero-order valence-corrected chi connectivity index (χ0v) is 4.76. The fourth-order valence-corrected chi connectivity index (χ4v) is 0.213. The Balaban J connectivity index is 3.55. The highest BCUT2D eigenvalue weighted by Gasteiger charge is 1.88. The van der Waals surface area contributed by atoms with Gasteiger partial charge in [-0.15, -0.1) is 0 Å². The Labute approximate surface area is 51.1 Å². The number of Topliss-reactive ketones (excluding diaryl/α,β-unsaturated/α-hetero) is 1. The van der Waals surface area contributed by atoms with Gasteiger partial charge < -0.3 is 0 Å². The molecule has 0 rings (SSSR count). The number of hydrogen-bond acceptors (Lipinski definition) is 3. The van der Waals surface area contributed by atoms with Gasteiger partial charge >= 0.3 is 0 Å². The molecule has 0 saturated heterocycles. The molecule has 0 amide bonds. The maximum Gasteiger partial charge on any atom is 0.172 e. The first-order valence-electron chi connectivity index (χ1n) is 1.80. The summed E-state index contributed by atoms with van der Waals surface area (Å²) < 4.78 is 0. The van der Waals surface area contributed by atoms with Crippen LogP contribution in [0.5, 0.6) is 0 Å². The van der Waals surface area contributed by atoms with Crippen LogP contribution in [0.1, 0.15) is 0 Å². The number of azide groups is 1. The molecule has 0 unspecified atom stereocenters. The molecule has 0 radical (unpaired) electrons. The molecule has 0 aromatic heterocycles. The molecule has 0 aliphatic heterocycles. The molecule has 0 atom stereocenters. The van der Waals surface area contributed by atoms with Gasteiger partial charge in [0.25, 0.3) is 0 Å². The predicted octanol–water partition coefficient (Wildman–Crippen LogP) is 0.865. The molecule has 42 valence electrons. The highest BCUT2D eigenvalue weighted by molar-refractivity contribution is 7.80. The minimum Gasteiger partial charge on any atom is -0.294 e. The van der Waals surface area contributed by atoms with Gasteiger partial charge in [0.2, 0.25) is 0 Å². The van der Waals surface area contributed by atoms with Crippen molar-refractivity contribution < 1.29 is 4.79 Å². The third-order valence-corrected chi connectivity index (χ3v) is 0.684. The van der Waals surface area contributed by atoms with Crippen molar-refractivity contribution in [2.45, 2.75) is 0 Å². The summed E-state index contributed by atoms with van der Waals surface area (Å²) in [5.74, 6) is -0.335. The molecule has 5 heteroatoms. The lowest BCUT2D eigenvalue weighted by Crippen LogP contribution is -1.99. The largest absolute Gasteiger partial charge is 0.294 e. The first-order valence-corrected chi connectivity index (χ1v) is 2.27. The van der Waals surface area contributed by atoms with Crippen LogP contribution in [0.25, 0.3) is 10.4 Å². The van der Waals surface area contributed by atoms with Crippen molar-refractivity contribution in [1.29, 1.82) is 0 Å². The average molecular weight is 129 g/mol. The topological polar surface area (TPSA) is 65.8 Å². The van der Waals surface area contributed by atoms with Crippen LogP contribution in [0, 0.1) is 0 Å². The van der Waals surface area contributed by atoms with Gasteiger partial charge in [-0.1, -0.05) is 17.3 Å². The average Bonchev–Trinajstić information content (AvgIpc) is 1.83. The second kappa shape index (κ2) is 4.23. The maximum absolute atomic E-state index is 10.1. The van der Waals surface area contributed by atoms with Crippen LogP contribution in [-0.4, -0.2) is 17.7 Å². The summed E-state index contributed by atoms with van der Waals surface area (Å²) in [5, 5.41) is 3.93. The van der Waals surface area contributed by atoms with Crippen molar-refractivity contribution in [3.8, 4) is 0 Å².